The number of nitrogens with one attached hydrogen (secondary N) is 2. The molecule has 0 spiro atoms. The van der Waals surface area contributed by atoms with Crippen LogP contribution in [0.25, 0.3) is 11.3 Å². The lowest BCUT2D eigenvalue weighted by molar-refractivity contribution is -0.148. The number of aromatic amines is 1. The fourth-order valence-electron chi connectivity index (χ4n) is 6.35. The van der Waals surface area contributed by atoms with Gasteiger partial charge in [-0.15, -0.1) is 22.0 Å². The summed E-state index contributed by atoms with van der Waals surface area (Å²) in [5, 5.41) is 31.1. The van der Waals surface area contributed by atoms with Crippen LogP contribution in [0.1, 0.15) is 56.5 Å². The van der Waals surface area contributed by atoms with E-state index in [1.165, 1.54) is 64.0 Å². The quantitative estimate of drug-likeness (QED) is 0.135. The molecule has 0 aliphatic carbocycles. The first-order valence-corrected chi connectivity index (χ1v) is 19.0. The molecule has 2 fully saturated rings. The van der Waals surface area contributed by atoms with Gasteiger partial charge in [0.15, 0.2) is 4.34 Å². The number of hydrogen-bond acceptors (Lipinski definition) is 11. The molecule has 2 aromatic heterocycles. The maximum absolute atomic E-state index is 13.7. The van der Waals surface area contributed by atoms with E-state index in [4.69, 9.17) is 0 Å². The van der Waals surface area contributed by atoms with Gasteiger partial charge in [0.05, 0.1) is 11.3 Å². The maximum atomic E-state index is 13.7. The van der Waals surface area contributed by atoms with Crippen LogP contribution in [0.4, 0.5) is 5.69 Å². The van der Waals surface area contributed by atoms with Gasteiger partial charge in [-0.2, -0.15) is 0 Å². The van der Waals surface area contributed by atoms with E-state index in [9.17, 15) is 34.2 Å². The number of aryl methyl sites for hydroxylation is 1. The summed E-state index contributed by atoms with van der Waals surface area (Å²) >= 11 is 3.83. The van der Waals surface area contributed by atoms with E-state index in [1.807, 2.05) is 31.2 Å². The first-order chi connectivity index (χ1) is 24.6. The average Bonchev–Trinajstić information content (AvgIpc) is 3.60. The van der Waals surface area contributed by atoms with Crippen molar-refractivity contribution >= 4 is 64.2 Å². The molecule has 2 atom stereocenters. The molecule has 51 heavy (non-hydrogen) atoms. The number of benzene rings is 2. The molecule has 0 bridgehead atoms. The van der Waals surface area contributed by atoms with E-state index in [0.717, 1.165) is 30.4 Å². The molecule has 0 radical (unpaired) electrons. The minimum absolute atomic E-state index is 0.105. The van der Waals surface area contributed by atoms with E-state index in [0.29, 0.717) is 45.0 Å². The normalized spacial score (nSPS) is 18.6. The number of amides is 3. The third-order valence-corrected chi connectivity index (χ3v) is 12.5. The largest absolute Gasteiger partial charge is 0.508 e. The Balaban J connectivity index is 1.07. The van der Waals surface area contributed by atoms with Gasteiger partial charge in [-0.25, -0.2) is 4.79 Å². The zero-order valence-electron chi connectivity index (χ0n) is 27.2. The molecule has 7 rings (SSSR count). The Morgan fingerprint density at radius 3 is 2.51 bits per heavy atom. The summed E-state index contributed by atoms with van der Waals surface area (Å²) in [4.78, 5) is 71.2. The van der Waals surface area contributed by atoms with Gasteiger partial charge >= 0.3 is 5.97 Å². The number of carbonyl (C=O) groups is 4. The molecule has 262 valence electrons. The summed E-state index contributed by atoms with van der Waals surface area (Å²) in [6.45, 7) is 3.34. The van der Waals surface area contributed by atoms with Gasteiger partial charge in [-0.3, -0.25) is 24.1 Å². The molecule has 3 amide bonds. The smallest absolute Gasteiger partial charge is 0.352 e. The number of hydrogen-bond donors (Lipinski definition) is 4. The molecule has 5 heterocycles. The first kappa shape index (κ1) is 34.5. The first-order valence-electron chi connectivity index (χ1n) is 16.2. The van der Waals surface area contributed by atoms with Crippen LogP contribution in [0.5, 0.6) is 5.75 Å². The number of aromatic nitrogens is 3. The van der Waals surface area contributed by atoms with Crippen LogP contribution in [0.15, 0.2) is 75.0 Å². The molecule has 3 aliphatic heterocycles. The Morgan fingerprint density at radius 2 is 1.78 bits per heavy atom. The maximum Gasteiger partial charge on any atom is 0.352 e. The van der Waals surface area contributed by atoms with Crippen molar-refractivity contribution in [3.05, 3.63) is 97.9 Å². The van der Waals surface area contributed by atoms with Crippen LogP contribution < -0.4 is 10.9 Å². The number of carbonyl (C=O) groups excluding carboxylic acids is 3. The van der Waals surface area contributed by atoms with Crippen molar-refractivity contribution in [3.63, 3.8) is 0 Å². The van der Waals surface area contributed by atoms with E-state index in [1.54, 1.807) is 11.0 Å². The highest BCUT2D eigenvalue weighted by molar-refractivity contribution is 8.01. The number of phenols is 1. The Kier molecular flexibility index (Phi) is 9.72. The number of carboxylic acids is 1. The Hall–Kier alpha value is -4.93. The molecular weight excluding hydrogens is 713 g/mol. The summed E-state index contributed by atoms with van der Waals surface area (Å²) in [5.41, 5.74) is 2.56. The topological polar surface area (TPSA) is 186 Å². The van der Waals surface area contributed by atoms with Crippen molar-refractivity contribution < 1.29 is 29.4 Å². The molecule has 2 saturated heterocycles. The average molecular weight is 745 g/mol. The summed E-state index contributed by atoms with van der Waals surface area (Å²) < 4.78 is 0.528. The number of H-pyrrole nitrogens is 1. The summed E-state index contributed by atoms with van der Waals surface area (Å²) in [6.07, 6.45) is 3.02. The van der Waals surface area contributed by atoms with Crippen molar-refractivity contribution in [3.8, 4) is 17.0 Å². The SMILES string of the molecule is Cc1ccc(-c2ccc(C(=O)Nc3cc(O)ccc3[C@H]3C(=O)N4C(C(=O)O)=C(CSc5nnc(C(=O)N6CCCCC6)s5)CS[C@@H]34)c(=O)[nH]2)cc1. The second kappa shape index (κ2) is 14.4. The second-order valence-electron chi connectivity index (χ2n) is 12.4. The van der Waals surface area contributed by atoms with Gasteiger partial charge in [0.1, 0.15) is 17.0 Å². The number of anilines is 1. The minimum atomic E-state index is -1.24. The number of fused-ring (bicyclic) bond motifs is 1. The third kappa shape index (κ3) is 6.90. The predicted octanol–water partition coefficient (Wildman–Crippen LogP) is 4.92. The lowest BCUT2D eigenvalue weighted by atomic mass is 9.87. The van der Waals surface area contributed by atoms with Crippen molar-refractivity contribution in [1.29, 1.82) is 0 Å². The summed E-state index contributed by atoms with van der Waals surface area (Å²) in [7, 11) is 0. The van der Waals surface area contributed by atoms with Gasteiger partial charge in [-0.05, 0) is 61.1 Å². The van der Waals surface area contributed by atoms with E-state index < -0.39 is 34.6 Å². The number of rotatable bonds is 9. The van der Waals surface area contributed by atoms with Crippen LogP contribution in [0.3, 0.4) is 0 Å². The van der Waals surface area contributed by atoms with E-state index in [-0.39, 0.29) is 34.4 Å². The predicted molar refractivity (Wildman–Crippen MR) is 194 cm³/mol. The fraction of sp³-hybridized carbons (Fsp3) is 0.286. The molecule has 16 heteroatoms. The molecule has 4 aromatic rings. The van der Waals surface area contributed by atoms with Gasteiger partial charge < -0.3 is 25.4 Å². The number of aliphatic carboxylic acids is 1. The Morgan fingerprint density at radius 1 is 1.02 bits per heavy atom. The van der Waals surface area contributed by atoms with Crippen LogP contribution in [0, 0.1) is 6.92 Å². The highest BCUT2D eigenvalue weighted by Gasteiger charge is 2.54. The number of carboxylic acid groups (broad SMARTS) is 1. The van der Waals surface area contributed by atoms with Gasteiger partial charge in [0.2, 0.25) is 10.9 Å². The van der Waals surface area contributed by atoms with Crippen molar-refractivity contribution in [1.82, 2.24) is 25.0 Å². The molecule has 3 aliphatic rings. The summed E-state index contributed by atoms with van der Waals surface area (Å²) in [6, 6.07) is 14.8. The highest BCUT2D eigenvalue weighted by atomic mass is 32.2. The molecule has 0 unspecified atom stereocenters. The lowest BCUT2D eigenvalue weighted by Crippen LogP contribution is -2.60. The second-order valence-corrected chi connectivity index (χ2v) is 15.7. The summed E-state index contributed by atoms with van der Waals surface area (Å²) in [5.74, 6) is -3.02. The lowest BCUT2D eigenvalue weighted by Gasteiger charge is -2.50. The number of β-lactam (4-membered cyclic amide) rings is 1. The number of nitrogens with zero attached hydrogens (tertiary/aromatic N) is 4. The molecule has 0 saturated carbocycles. The molecule has 2 aromatic carbocycles. The van der Waals surface area contributed by atoms with Crippen molar-refractivity contribution in [2.24, 2.45) is 0 Å². The standard InChI is InChI=1S/C35H32N6O7S3/c1-18-5-7-19(8-6-18)24-12-11-23(28(43)36-24)29(44)37-25-15-21(42)9-10-22(25)26-31(45)41-27(34(47)48)20(16-49-33(26)41)17-50-35-39-38-30(51-35)32(46)40-13-3-2-4-14-40/h5-12,15,26,33,42H,2-4,13-14,16-17H2,1H3,(H,36,43)(H,37,44)(H,47,48)/t26-,33-/m0/s1. The minimum Gasteiger partial charge on any atom is -0.508 e. The van der Waals surface area contributed by atoms with Gasteiger partial charge in [-0.1, -0.05) is 59.0 Å². The number of pyridine rings is 1. The van der Waals surface area contributed by atoms with Gasteiger partial charge in [0.25, 0.3) is 17.4 Å². The third-order valence-electron chi connectivity index (χ3n) is 8.99. The molecule has 13 nitrogen and oxygen atoms in total. The van der Waals surface area contributed by atoms with E-state index in [2.05, 4.69) is 20.5 Å². The molecule has 4 N–H and O–H groups in total. The Bertz CT molecular complexity index is 2140. The number of phenolic OH excluding ortho intramolecular Hbond substituents is 1. The van der Waals surface area contributed by atoms with Crippen LogP contribution in [-0.4, -0.2) is 88.9 Å². The van der Waals surface area contributed by atoms with Crippen LogP contribution in [-0.2, 0) is 9.59 Å². The zero-order valence-corrected chi connectivity index (χ0v) is 29.7. The van der Waals surface area contributed by atoms with Crippen molar-refractivity contribution in [2.45, 2.75) is 41.8 Å². The zero-order chi connectivity index (χ0) is 35.8. The highest BCUT2D eigenvalue weighted by Crippen LogP contribution is 2.51. The number of thioether (sulfide) groups is 2. The van der Waals surface area contributed by atoms with Gasteiger partial charge in [0, 0.05) is 42.0 Å². The van der Waals surface area contributed by atoms with Crippen molar-refractivity contribution in [2.75, 3.05) is 29.9 Å². The van der Waals surface area contributed by atoms with E-state index >= 15 is 0 Å². The number of aromatic hydroxyl groups is 1. The Labute approximate surface area is 304 Å². The van der Waals surface area contributed by atoms with Crippen LogP contribution in [0.2, 0.25) is 0 Å². The number of piperidine rings is 1. The monoisotopic (exact) mass is 744 g/mol. The fourth-order valence-corrected chi connectivity index (χ4v) is 9.73. The number of likely N-dealkylation sites (tertiary alicyclic amines) is 1. The van der Waals surface area contributed by atoms with Crippen LogP contribution >= 0.6 is 34.9 Å². The molecular formula is C35H32N6O7S3.